The normalized spacial score (nSPS) is 18.6. The monoisotopic (exact) mass is 136 g/mol. The molecule has 1 rings (SSSR count). The van der Waals surface area contributed by atoms with Crippen LogP contribution in [-0.2, 0) is 4.79 Å². The maximum atomic E-state index is 10.8. The molecule has 0 N–H and O–H groups in total. The fourth-order valence-corrected chi connectivity index (χ4v) is 0.629. The molecular weight excluding hydrogens is 128 g/mol. The maximum absolute atomic E-state index is 10.8. The van der Waals surface area contributed by atoms with Gasteiger partial charge in [-0.25, -0.2) is 9.98 Å². The van der Waals surface area contributed by atoms with E-state index in [9.17, 15) is 4.79 Å². The fourth-order valence-electron chi connectivity index (χ4n) is 0.629. The van der Waals surface area contributed by atoms with Crippen molar-refractivity contribution in [2.75, 3.05) is 0 Å². The molecule has 1 aliphatic rings. The van der Waals surface area contributed by atoms with Crippen LogP contribution in [0, 0.1) is 0 Å². The van der Waals surface area contributed by atoms with Crippen molar-refractivity contribution in [2.45, 2.75) is 13.8 Å². The summed E-state index contributed by atoms with van der Waals surface area (Å²) in [5.41, 5.74) is 1.60. The van der Waals surface area contributed by atoms with Crippen LogP contribution in [0.15, 0.2) is 22.3 Å². The number of aliphatic imine (C=N–C) groups is 2. The van der Waals surface area contributed by atoms with Crippen LogP contribution in [0.5, 0.6) is 0 Å². The van der Waals surface area contributed by atoms with Gasteiger partial charge in [0.1, 0.15) is 5.71 Å². The maximum Gasteiger partial charge on any atom is 0.291 e. The van der Waals surface area contributed by atoms with Gasteiger partial charge in [0.05, 0.1) is 11.4 Å². The highest BCUT2D eigenvalue weighted by Crippen LogP contribution is 2.04. The first-order valence-corrected chi connectivity index (χ1v) is 2.95. The molecule has 0 aromatic rings. The number of hydrogen-bond donors (Lipinski definition) is 0. The topological polar surface area (TPSA) is 41.8 Å². The Balaban J connectivity index is 3.03. The lowest BCUT2D eigenvalue weighted by Crippen LogP contribution is -2.15. The van der Waals surface area contributed by atoms with E-state index in [-0.39, 0.29) is 5.91 Å². The summed E-state index contributed by atoms with van der Waals surface area (Å²) in [6.07, 6.45) is 0. The molecule has 0 saturated heterocycles. The van der Waals surface area contributed by atoms with Gasteiger partial charge in [-0.1, -0.05) is 6.58 Å². The third kappa shape index (κ3) is 1.03. The van der Waals surface area contributed by atoms with Crippen molar-refractivity contribution in [3.8, 4) is 0 Å². The Hall–Kier alpha value is -1.25. The van der Waals surface area contributed by atoms with Gasteiger partial charge in [-0.2, -0.15) is 0 Å². The summed E-state index contributed by atoms with van der Waals surface area (Å²) in [6, 6.07) is 0. The minimum atomic E-state index is -0.259. The van der Waals surface area contributed by atoms with Gasteiger partial charge in [-0.05, 0) is 13.8 Å². The Morgan fingerprint density at radius 2 is 1.80 bits per heavy atom. The SMILES string of the molecule is C=C1N=C(C)C(=O)N=C1C. The number of rotatable bonds is 0. The first-order chi connectivity index (χ1) is 4.61. The van der Waals surface area contributed by atoms with E-state index in [0.29, 0.717) is 17.1 Å². The summed E-state index contributed by atoms with van der Waals surface area (Å²) in [6.45, 7) is 6.96. The minimum Gasteiger partial charge on any atom is -0.265 e. The summed E-state index contributed by atoms with van der Waals surface area (Å²) in [5, 5.41) is 0. The Morgan fingerprint density at radius 3 is 2.30 bits per heavy atom. The van der Waals surface area contributed by atoms with Gasteiger partial charge in [-0.3, -0.25) is 4.79 Å². The van der Waals surface area contributed by atoms with Crippen molar-refractivity contribution in [3.63, 3.8) is 0 Å². The standard InChI is InChI=1S/C7H8N2O/c1-4-5(2)9-7(10)6(3)8-4/h1H2,2-3H3. The molecular formula is C7H8N2O. The molecule has 0 radical (unpaired) electrons. The minimum absolute atomic E-state index is 0.259. The largest absolute Gasteiger partial charge is 0.291 e. The molecule has 52 valence electrons. The summed E-state index contributed by atoms with van der Waals surface area (Å²) in [7, 11) is 0. The average molecular weight is 136 g/mol. The molecule has 0 aromatic carbocycles. The highest BCUT2D eigenvalue weighted by Gasteiger charge is 2.12. The van der Waals surface area contributed by atoms with Crippen molar-refractivity contribution < 1.29 is 4.79 Å². The predicted molar refractivity (Wildman–Crippen MR) is 40.4 cm³/mol. The second-order valence-electron chi connectivity index (χ2n) is 2.15. The Morgan fingerprint density at radius 1 is 1.20 bits per heavy atom. The summed E-state index contributed by atoms with van der Waals surface area (Å²) in [4.78, 5) is 18.4. The quantitative estimate of drug-likeness (QED) is 0.489. The number of carbonyl (C=O) groups is 1. The molecule has 0 atom stereocenters. The molecule has 0 spiro atoms. The Kier molecular flexibility index (Phi) is 1.49. The van der Waals surface area contributed by atoms with E-state index in [1.54, 1.807) is 13.8 Å². The van der Waals surface area contributed by atoms with Crippen molar-refractivity contribution >= 4 is 17.3 Å². The first-order valence-electron chi connectivity index (χ1n) is 2.95. The molecule has 1 aliphatic heterocycles. The van der Waals surface area contributed by atoms with Crippen molar-refractivity contribution in [1.82, 2.24) is 0 Å². The first kappa shape index (κ1) is 6.86. The molecule has 1 amide bonds. The van der Waals surface area contributed by atoms with Crippen LogP contribution < -0.4 is 0 Å². The predicted octanol–water partition coefficient (Wildman–Crippen LogP) is 0.962. The van der Waals surface area contributed by atoms with Crippen LogP contribution in [0.4, 0.5) is 0 Å². The van der Waals surface area contributed by atoms with Crippen LogP contribution in [0.2, 0.25) is 0 Å². The van der Waals surface area contributed by atoms with Crippen LogP contribution in [-0.4, -0.2) is 17.3 Å². The van der Waals surface area contributed by atoms with Gasteiger partial charge in [0.2, 0.25) is 0 Å². The van der Waals surface area contributed by atoms with Crippen LogP contribution in [0.3, 0.4) is 0 Å². The zero-order chi connectivity index (χ0) is 7.72. The van der Waals surface area contributed by atoms with E-state index in [4.69, 9.17) is 0 Å². The molecule has 0 unspecified atom stereocenters. The van der Waals surface area contributed by atoms with Crippen LogP contribution in [0.25, 0.3) is 0 Å². The second kappa shape index (κ2) is 2.17. The van der Waals surface area contributed by atoms with Gasteiger partial charge in [0.25, 0.3) is 5.91 Å². The van der Waals surface area contributed by atoms with E-state index in [2.05, 4.69) is 16.6 Å². The number of allylic oxidation sites excluding steroid dienone is 1. The molecule has 0 aromatic heterocycles. The Labute approximate surface area is 59.2 Å². The van der Waals surface area contributed by atoms with Crippen molar-refractivity contribution in [2.24, 2.45) is 9.98 Å². The fraction of sp³-hybridized carbons (Fsp3) is 0.286. The molecule has 1 heterocycles. The van der Waals surface area contributed by atoms with Gasteiger partial charge in [0, 0.05) is 0 Å². The van der Waals surface area contributed by atoms with Crippen molar-refractivity contribution in [3.05, 3.63) is 12.3 Å². The number of nitrogens with zero attached hydrogens (tertiary/aromatic N) is 2. The average Bonchev–Trinajstić information content (AvgIpc) is 1.84. The lowest BCUT2D eigenvalue weighted by Gasteiger charge is -2.05. The molecule has 10 heavy (non-hydrogen) atoms. The smallest absolute Gasteiger partial charge is 0.265 e. The number of hydrogen-bond acceptors (Lipinski definition) is 2. The van der Waals surface area contributed by atoms with E-state index in [1.807, 2.05) is 0 Å². The molecule has 0 saturated carbocycles. The lowest BCUT2D eigenvalue weighted by atomic mass is 10.2. The van der Waals surface area contributed by atoms with Gasteiger partial charge in [-0.15, -0.1) is 0 Å². The highest BCUT2D eigenvalue weighted by atomic mass is 16.1. The lowest BCUT2D eigenvalue weighted by molar-refractivity contribution is -0.111. The molecule has 3 heteroatoms. The van der Waals surface area contributed by atoms with Crippen LogP contribution in [0.1, 0.15) is 13.8 Å². The van der Waals surface area contributed by atoms with E-state index in [0.717, 1.165) is 0 Å². The summed E-state index contributed by atoms with van der Waals surface area (Å²) < 4.78 is 0. The molecule has 0 fully saturated rings. The molecule has 0 aliphatic carbocycles. The second-order valence-corrected chi connectivity index (χ2v) is 2.15. The highest BCUT2D eigenvalue weighted by molar-refractivity contribution is 6.42. The van der Waals surface area contributed by atoms with E-state index < -0.39 is 0 Å². The zero-order valence-corrected chi connectivity index (χ0v) is 6.01. The number of carbonyl (C=O) groups excluding carboxylic acids is 1. The van der Waals surface area contributed by atoms with Crippen molar-refractivity contribution in [1.29, 1.82) is 0 Å². The van der Waals surface area contributed by atoms with E-state index in [1.165, 1.54) is 0 Å². The van der Waals surface area contributed by atoms with Gasteiger partial charge in [0.15, 0.2) is 0 Å². The van der Waals surface area contributed by atoms with Crippen LogP contribution >= 0.6 is 0 Å². The van der Waals surface area contributed by atoms with E-state index >= 15 is 0 Å². The third-order valence-electron chi connectivity index (χ3n) is 1.30. The van der Waals surface area contributed by atoms with Gasteiger partial charge < -0.3 is 0 Å². The van der Waals surface area contributed by atoms with Gasteiger partial charge >= 0.3 is 0 Å². The number of amides is 1. The summed E-state index contributed by atoms with van der Waals surface area (Å²) >= 11 is 0. The molecule has 0 bridgehead atoms. The summed E-state index contributed by atoms with van der Waals surface area (Å²) in [5.74, 6) is -0.259. The molecule has 3 nitrogen and oxygen atoms in total. The Bertz CT molecular complexity index is 233. The third-order valence-corrected chi connectivity index (χ3v) is 1.30. The zero-order valence-electron chi connectivity index (χ0n) is 6.01.